The van der Waals surface area contributed by atoms with E-state index in [1.807, 2.05) is 6.07 Å². The van der Waals surface area contributed by atoms with Crippen LogP contribution in [0.5, 0.6) is 5.75 Å². The Hall–Kier alpha value is -0.550. The maximum Gasteiger partial charge on any atom is 0.126 e. The quantitative estimate of drug-likeness (QED) is 0.821. The molecule has 134 valence electrons. The fraction of sp³-hybridized carbons (Fsp3) is 0.647. The molecule has 0 aliphatic carbocycles. The summed E-state index contributed by atoms with van der Waals surface area (Å²) in [6, 6.07) is 5.24. The number of benzene rings is 1. The second kappa shape index (κ2) is 11.1. The molecule has 1 aliphatic heterocycles. The monoisotopic (exact) mass is 366 g/mol. The number of nitrogens with zero attached hydrogens (tertiary/aromatic N) is 1. The smallest absolute Gasteiger partial charge is 0.126 e. The van der Waals surface area contributed by atoms with Crippen LogP contribution < -0.4 is 10.1 Å². The minimum Gasteiger partial charge on any atom is -0.496 e. The Morgan fingerprint density at radius 2 is 1.83 bits per heavy atom. The minimum absolute atomic E-state index is 0. The van der Waals surface area contributed by atoms with Gasteiger partial charge in [-0.2, -0.15) is 0 Å². The van der Waals surface area contributed by atoms with Gasteiger partial charge >= 0.3 is 0 Å². The van der Waals surface area contributed by atoms with Crippen LogP contribution in [0.2, 0.25) is 0 Å². The lowest BCUT2D eigenvalue weighted by Gasteiger charge is -2.36. The summed E-state index contributed by atoms with van der Waals surface area (Å²) >= 11 is 0. The highest BCUT2D eigenvalue weighted by atomic mass is 35.5. The van der Waals surface area contributed by atoms with Gasteiger partial charge in [-0.05, 0) is 24.8 Å². The number of piperazine rings is 1. The molecule has 0 spiro atoms. The van der Waals surface area contributed by atoms with Crippen molar-refractivity contribution in [2.45, 2.75) is 32.7 Å². The first-order chi connectivity index (χ1) is 10.1. The topological polar surface area (TPSA) is 24.5 Å². The lowest BCUT2D eigenvalue weighted by atomic mass is 9.95. The third-order valence-corrected chi connectivity index (χ3v) is 4.16. The van der Waals surface area contributed by atoms with E-state index in [-0.39, 0.29) is 30.6 Å². The number of hydrogen-bond donors (Lipinski definition) is 1. The molecule has 0 radical (unpaired) electrons. The molecule has 0 saturated carbocycles. The van der Waals surface area contributed by atoms with Crippen LogP contribution in [0.4, 0.5) is 4.39 Å². The molecular formula is C17H29Cl2FN2O. The standard InChI is InChI=1S/C17H27FN2O.2ClH/c1-13(2)4-7-16(20-10-8-19-9-11-20)15-6-5-14(18)12-17(15)21-3;;/h5-6,12-13,16,19H,4,7-11H2,1-3H3;2*1H/t16-;;/m1../s1. The first-order valence-corrected chi connectivity index (χ1v) is 7.90. The van der Waals surface area contributed by atoms with Crippen molar-refractivity contribution in [3.8, 4) is 5.75 Å². The van der Waals surface area contributed by atoms with Crippen LogP contribution in [-0.2, 0) is 0 Å². The molecule has 2 rings (SSSR count). The van der Waals surface area contributed by atoms with Gasteiger partial charge in [-0.15, -0.1) is 24.8 Å². The van der Waals surface area contributed by atoms with Crippen LogP contribution in [0.1, 0.15) is 38.3 Å². The lowest BCUT2D eigenvalue weighted by molar-refractivity contribution is 0.157. The van der Waals surface area contributed by atoms with Gasteiger partial charge in [0, 0.05) is 43.9 Å². The second-order valence-electron chi connectivity index (χ2n) is 6.16. The molecule has 1 aliphatic rings. The second-order valence-corrected chi connectivity index (χ2v) is 6.16. The molecule has 1 atom stereocenters. The summed E-state index contributed by atoms with van der Waals surface area (Å²) < 4.78 is 18.9. The van der Waals surface area contributed by atoms with Crippen LogP contribution in [-0.4, -0.2) is 38.2 Å². The van der Waals surface area contributed by atoms with E-state index in [0.29, 0.717) is 17.7 Å². The average Bonchev–Trinajstić information content (AvgIpc) is 2.49. The van der Waals surface area contributed by atoms with Crippen LogP contribution in [0.15, 0.2) is 18.2 Å². The number of hydrogen-bond acceptors (Lipinski definition) is 3. The summed E-state index contributed by atoms with van der Waals surface area (Å²) in [4.78, 5) is 2.49. The van der Waals surface area contributed by atoms with Crippen molar-refractivity contribution >= 4 is 24.8 Å². The number of ether oxygens (including phenoxy) is 1. The highest BCUT2D eigenvalue weighted by Crippen LogP contribution is 2.34. The molecule has 0 amide bonds. The highest BCUT2D eigenvalue weighted by molar-refractivity contribution is 5.85. The van der Waals surface area contributed by atoms with Gasteiger partial charge in [0.05, 0.1) is 7.11 Å². The Kier molecular flexibility index (Phi) is 10.8. The summed E-state index contributed by atoms with van der Waals surface area (Å²) in [6.07, 6.45) is 2.24. The number of rotatable bonds is 6. The van der Waals surface area contributed by atoms with E-state index in [4.69, 9.17) is 4.74 Å². The van der Waals surface area contributed by atoms with Crippen LogP contribution >= 0.6 is 24.8 Å². The van der Waals surface area contributed by atoms with Crippen molar-refractivity contribution in [2.24, 2.45) is 5.92 Å². The van der Waals surface area contributed by atoms with Crippen molar-refractivity contribution < 1.29 is 9.13 Å². The normalized spacial score (nSPS) is 16.4. The summed E-state index contributed by atoms with van der Waals surface area (Å²) in [5.74, 6) is 1.10. The molecule has 1 N–H and O–H groups in total. The van der Waals surface area contributed by atoms with E-state index in [1.165, 1.54) is 6.07 Å². The molecule has 1 heterocycles. The maximum absolute atomic E-state index is 13.5. The lowest BCUT2D eigenvalue weighted by Crippen LogP contribution is -2.45. The minimum atomic E-state index is -0.237. The Labute approximate surface area is 151 Å². The van der Waals surface area contributed by atoms with E-state index in [9.17, 15) is 4.39 Å². The van der Waals surface area contributed by atoms with Crippen molar-refractivity contribution in [2.75, 3.05) is 33.3 Å². The van der Waals surface area contributed by atoms with Gasteiger partial charge in [0.2, 0.25) is 0 Å². The average molecular weight is 367 g/mol. The molecule has 0 bridgehead atoms. The largest absolute Gasteiger partial charge is 0.496 e. The highest BCUT2D eigenvalue weighted by Gasteiger charge is 2.25. The van der Waals surface area contributed by atoms with E-state index in [2.05, 4.69) is 24.1 Å². The molecule has 1 saturated heterocycles. The van der Waals surface area contributed by atoms with Gasteiger partial charge in [-0.3, -0.25) is 4.90 Å². The molecule has 1 aromatic carbocycles. The zero-order valence-corrected chi connectivity index (χ0v) is 15.8. The Morgan fingerprint density at radius 1 is 1.17 bits per heavy atom. The Balaban J connectivity index is 0.00000242. The number of nitrogens with one attached hydrogen (secondary N) is 1. The summed E-state index contributed by atoms with van der Waals surface area (Å²) in [6.45, 7) is 8.59. The fourth-order valence-electron chi connectivity index (χ4n) is 2.98. The molecule has 1 fully saturated rings. The first kappa shape index (κ1) is 22.4. The predicted molar refractivity (Wildman–Crippen MR) is 98.7 cm³/mol. The zero-order chi connectivity index (χ0) is 15.2. The summed E-state index contributed by atoms with van der Waals surface area (Å²) in [5.41, 5.74) is 1.11. The fourth-order valence-corrected chi connectivity index (χ4v) is 2.98. The molecule has 3 nitrogen and oxygen atoms in total. The Morgan fingerprint density at radius 3 is 2.39 bits per heavy atom. The van der Waals surface area contributed by atoms with Crippen LogP contribution in [0.25, 0.3) is 0 Å². The molecule has 0 aromatic heterocycles. The SMILES string of the molecule is COc1cc(F)ccc1[C@@H](CCC(C)C)N1CCNCC1.Cl.Cl. The molecule has 6 heteroatoms. The van der Waals surface area contributed by atoms with E-state index < -0.39 is 0 Å². The number of methoxy groups -OCH3 is 1. The van der Waals surface area contributed by atoms with Gasteiger partial charge in [-0.25, -0.2) is 4.39 Å². The van der Waals surface area contributed by atoms with E-state index in [0.717, 1.165) is 44.6 Å². The van der Waals surface area contributed by atoms with Crippen molar-refractivity contribution in [3.63, 3.8) is 0 Å². The van der Waals surface area contributed by atoms with Crippen LogP contribution in [0, 0.1) is 11.7 Å². The van der Waals surface area contributed by atoms with E-state index >= 15 is 0 Å². The predicted octanol–water partition coefficient (Wildman–Crippen LogP) is 4.06. The van der Waals surface area contributed by atoms with Crippen molar-refractivity contribution in [1.29, 1.82) is 0 Å². The molecular weight excluding hydrogens is 338 g/mol. The van der Waals surface area contributed by atoms with Gasteiger partial charge in [-0.1, -0.05) is 19.9 Å². The Bertz CT molecular complexity index is 454. The van der Waals surface area contributed by atoms with Gasteiger partial charge in [0.25, 0.3) is 0 Å². The van der Waals surface area contributed by atoms with Crippen molar-refractivity contribution in [1.82, 2.24) is 10.2 Å². The molecule has 1 aromatic rings. The molecule has 23 heavy (non-hydrogen) atoms. The van der Waals surface area contributed by atoms with E-state index in [1.54, 1.807) is 13.2 Å². The van der Waals surface area contributed by atoms with Crippen LogP contribution in [0.3, 0.4) is 0 Å². The third-order valence-electron chi connectivity index (χ3n) is 4.16. The number of halogens is 3. The molecule has 0 unspecified atom stereocenters. The maximum atomic E-state index is 13.5. The van der Waals surface area contributed by atoms with Gasteiger partial charge in [0.15, 0.2) is 0 Å². The zero-order valence-electron chi connectivity index (χ0n) is 14.2. The summed E-state index contributed by atoms with van der Waals surface area (Å²) in [5, 5.41) is 3.39. The summed E-state index contributed by atoms with van der Waals surface area (Å²) in [7, 11) is 1.62. The first-order valence-electron chi connectivity index (χ1n) is 7.90. The van der Waals surface area contributed by atoms with Gasteiger partial charge < -0.3 is 10.1 Å². The third kappa shape index (κ3) is 6.46. The van der Waals surface area contributed by atoms with Crippen molar-refractivity contribution in [3.05, 3.63) is 29.6 Å². The van der Waals surface area contributed by atoms with Gasteiger partial charge in [0.1, 0.15) is 11.6 Å².